The molecule has 0 atom stereocenters. The number of hydrogen-bond acceptors (Lipinski definition) is 5. The standard InChI is InChI=1S/C23H25N3O3/c1-29-23(28)17-7-10-19-20(22(27)25-21(19)13-17)14-24-18-8-5-16(6-9-18)15-26-11-3-2-4-12-26/h5-10,13-14,25,27H,2-4,11-12,15H2,1H3. The number of piperidine rings is 1. The summed E-state index contributed by atoms with van der Waals surface area (Å²) in [4.78, 5) is 21.6. The number of H-pyrrole nitrogens is 1. The van der Waals surface area contributed by atoms with Gasteiger partial charge in [-0.3, -0.25) is 9.89 Å². The van der Waals surface area contributed by atoms with Gasteiger partial charge in [0.05, 0.1) is 23.9 Å². The molecule has 0 aliphatic carbocycles. The summed E-state index contributed by atoms with van der Waals surface area (Å²) >= 11 is 0. The number of nitrogens with one attached hydrogen (secondary N) is 1. The highest BCUT2D eigenvalue weighted by Crippen LogP contribution is 2.27. The summed E-state index contributed by atoms with van der Waals surface area (Å²) < 4.78 is 4.74. The molecule has 1 saturated heterocycles. The fourth-order valence-corrected chi connectivity index (χ4v) is 3.78. The predicted octanol–water partition coefficient (Wildman–Crippen LogP) is 4.40. The quantitative estimate of drug-likeness (QED) is 0.499. The van der Waals surface area contributed by atoms with Crippen LogP contribution in [0.5, 0.6) is 5.88 Å². The van der Waals surface area contributed by atoms with Gasteiger partial charge in [-0.2, -0.15) is 0 Å². The number of carbonyl (C=O) groups excluding carboxylic acids is 1. The third-order valence-corrected chi connectivity index (χ3v) is 5.37. The van der Waals surface area contributed by atoms with Gasteiger partial charge >= 0.3 is 5.97 Å². The molecule has 6 nitrogen and oxygen atoms in total. The maximum Gasteiger partial charge on any atom is 0.337 e. The summed E-state index contributed by atoms with van der Waals surface area (Å²) in [5.74, 6) is -0.395. The molecule has 0 bridgehead atoms. The Labute approximate surface area is 169 Å². The number of carbonyl (C=O) groups is 1. The van der Waals surface area contributed by atoms with Crippen molar-refractivity contribution in [3.63, 3.8) is 0 Å². The van der Waals surface area contributed by atoms with Gasteiger partial charge < -0.3 is 14.8 Å². The van der Waals surface area contributed by atoms with E-state index >= 15 is 0 Å². The van der Waals surface area contributed by atoms with Crippen LogP contribution >= 0.6 is 0 Å². The molecule has 0 radical (unpaired) electrons. The molecule has 1 aliphatic heterocycles. The molecule has 1 aliphatic rings. The zero-order valence-corrected chi connectivity index (χ0v) is 16.5. The molecule has 0 amide bonds. The molecule has 0 spiro atoms. The highest BCUT2D eigenvalue weighted by Gasteiger charge is 2.13. The van der Waals surface area contributed by atoms with Crippen molar-refractivity contribution < 1.29 is 14.6 Å². The maximum absolute atomic E-state index is 11.7. The first-order valence-corrected chi connectivity index (χ1v) is 9.92. The molecule has 0 saturated carbocycles. The fourth-order valence-electron chi connectivity index (χ4n) is 3.78. The SMILES string of the molecule is COC(=O)c1ccc2c(C=Nc3ccc(CN4CCCCC4)cc3)c(O)[nH]c2c1. The van der Waals surface area contributed by atoms with Crippen molar-refractivity contribution in [2.24, 2.45) is 4.99 Å². The largest absolute Gasteiger partial charge is 0.494 e. The number of esters is 1. The van der Waals surface area contributed by atoms with Gasteiger partial charge in [-0.05, 0) is 55.8 Å². The van der Waals surface area contributed by atoms with Crippen LogP contribution in [0.3, 0.4) is 0 Å². The molecule has 29 heavy (non-hydrogen) atoms. The van der Waals surface area contributed by atoms with Crippen molar-refractivity contribution in [2.45, 2.75) is 25.8 Å². The van der Waals surface area contributed by atoms with Gasteiger partial charge in [0.25, 0.3) is 0 Å². The second-order valence-corrected chi connectivity index (χ2v) is 7.40. The Bertz CT molecular complexity index is 1030. The van der Waals surface area contributed by atoms with E-state index in [9.17, 15) is 9.90 Å². The van der Waals surface area contributed by atoms with E-state index in [1.807, 2.05) is 12.1 Å². The lowest BCUT2D eigenvalue weighted by Gasteiger charge is -2.26. The van der Waals surface area contributed by atoms with E-state index in [1.54, 1.807) is 24.4 Å². The van der Waals surface area contributed by atoms with Crippen LogP contribution in [-0.2, 0) is 11.3 Å². The average molecular weight is 391 g/mol. The highest BCUT2D eigenvalue weighted by molar-refractivity contribution is 6.04. The number of aromatic hydroxyl groups is 1. The van der Waals surface area contributed by atoms with Gasteiger partial charge in [0.2, 0.25) is 0 Å². The van der Waals surface area contributed by atoms with Gasteiger partial charge in [-0.15, -0.1) is 0 Å². The second kappa shape index (κ2) is 8.49. The first-order valence-electron chi connectivity index (χ1n) is 9.92. The summed E-state index contributed by atoms with van der Waals surface area (Å²) in [5, 5.41) is 11.0. The van der Waals surface area contributed by atoms with Crippen molar-refractivity contribution in [1.82, 2.24) is 9.88 Å². The molecule has 2 heterocycles. The molecular formula is C23H25N3O3. The summed E-state index contributed by atoms with van der Waals surface area (Å²) in [6.45, 7) is 3.34. The zero-order chi connectivity index (χ0) is 20.2. The summed E-state index contributed by atoms with van der Waals surface area (Å²) in [7, 11) is 1.34. The van der Waals surface area contributed by atoms with Crippen molar-refractivity contribution in [2.75, 3.05) is 20.2 Å². The lowest BCUT2D eigenvalue weighted by atomic mass is 10.1. The van der Waals surface area contributed by atoms with Crippen LogP contribution in [-0.4, -0.2) is 47.4 Å². The number of aromatic amines is 1. The molecule has 6 heteroatoms. The smallest absolute Gasteiger partial charge is 0.337 e. The average Bonchev–Trinajstić information content (AvgIpc) is 3.07. The monoisotopic (exact) mass is 391 g/mol. The Morgan fingerprint density at radius 3 is 2.66 bits per heavy atom. The molecule has 150 valence electrons. The summed E-state index contributed by atoms with van der Waals surface area (Å²) in [6.07, 6.45) is 5.57. The third kappa shape index (κ3) is 4.32. The first-order chi connectivity index (χ1) is 14.1. The number of methoxy groups -OCH3 is 1. The van der Waals surface area contributed by atoms with E-state index in [4.69, 9.17) is 4.74 Å². The summed E-state index contributed by atoms with van der Waals surface area (Å²) in [5.41, 5.74) is 3.79. The lowest BCUT2D eigenvalue weighted by molar-refractivity contribution is 0.0601. The van der Waals surface area contributed by atoms with Crippen molar-refractivity contribution in [3.05, 3.63) is 59.2 Å². The maximum atomic E-state index is 11.7. The third-order valence-electron chi connectivity index (χ3n) is 5.37. The number of ether oxygens (including phenoxy) is 1. The Morgan fingerprint density at radius 1 is 1.17 bits per heavy atom. The molecule has 2 aromatic carbocycles. The van der Waals surface area contributed by atoms with E-state index in [0.717, 1.165) is 17.6 Å². The van der Waals surface area contributed by atoms with Crippen molar-refractivity contribution in [1.29, 1.82) is 0 Å². The van der Waals surface area contributed by atoms with Crippen molar-refractivity contribution in [3.8, 4) is 5.88 Å². The minimum Gasteiger partial charge on any atom is -0.494 e. The molecule has 1 aromatic heterocycles. The number of nitrogens with zero attached hydrogens (tertiary/aromatic N) is 2. The summed E-state index contributed by atoms with van der Waals surface area (Å²) in [6, 6.07) is 13.3. The molecule has 4 rings (SSSR count). The van der Waals surface area contributed by atoms with Crippen LogP contribution in [0.2, 0.25) is 0 Å². The molecule has 3 aromatic rings. The zero-order valence-electron chi connectivity index (χ0n) is 16.5. The van der Waals surface area contributed by atoms with E-state index in [2.05, 4.69) is 27.0 Å². The van der Waals surface area contributed by atoms with Crippen LogP contribution in [0.4, 0.5) is 5.69 Å². The van der Waals surface area contributed by atoms with E-state index < -0.39 is 5.97 Å². The van der Waals surface area contributed by atoms with Gasteiger partial charge in [-0.25, -0.2) is 4.79 Å². The topological polar surface area (TPSA) is 77.9 Å². The molecule has 1 fully saturated rings. The Morgan fingerprint density at radius 2 is 1.93 bits per heavy atom. The van der Waals surface area contributed by atoms with Crippen LogP contribution in [0.25, 0.3) is 10.9 Å². The van der Waals surface area contributed by atoms with Gasteiger partial charge in [0.1, 0.15) is 0 Å². The molecular weight excluding hydrogens is 366 g/mol. The predicted molar refractivity (Wildman–Crippen MR) is 114 cm³/mol. The fraction of sp³-hybridized carbons (Fsp3) is 0.304. The normalized spacial score (nSPS) is 15.2. The lowest BCUT2D eigenvalue weighted by Crippen LogP contribution is -2.28. The highest BCUT2D eigenvalue weighted by atomic mass is 16.5. The molecule has 2 N–H and O–H groups in total. The minimum atomic E-state index is -0.416. The van der Waals surface area contributed by atoms with Crippen LogP contribution < -0.4 is 0 Å². The number of benzene rings is 2. The van der Waals surface area contributed by atoms with E-state index in [-0.39, 0.29) is 5.88 Å². The first kappa shape index (κ1) is 19.2. The van der Waals surface area contributed by atoms with Crippen molar-refractivity contribution >= 4 is 28.8 Å². The Kier molecular flexibility index (Phi) is 5.62. The second-order valence-electron chi connectivity index (χ2n) is 7.40. The van der Waals surface area contributed by atoms with Crippen LogP contribution in [0, 0.1) is 0 Å². The minimum absolute atomic E-state index is 0.0208. The van der Waals surface area contributed by atoms with E-state index in [1.165, 1.54) is 45.0 Å². The number of likely N-dealkylation sites (tertiary alicyclic amines) is 1. The van der Waals surface area contributed by atoms with E-state index in [0.29, 0.717) is 16.6 Å². The molecule has 0 unspecified atom stereocenters. The van der Waals surface area contributed by atoms with Gasteiger partial charge in [0.15, 0.2) is 5.88 Å². The Balaban J connectivity index is 1.50. The van der Waals surface area contributed by atoms with Gasteiger partial charge in [-0.1, -0.05) is 24.6 Å². The number of aliphatic imine (C=N–C) groups is 1. The number of aromatic nitrogens is 1. The van der Waals surface area contributed by atoms with Gasteiger partial charge in [0, 0.05) is 23.7 Å². The number of hydrogen-bond donors (Lipinski definition) is 2. The van der Waals surface area contributed by atoms with Crippen LogP contribution in [0.15, 0.2) is 47.5 Å². The Hall–Kier alpha value is -3.12. The number of fused-ring (bicyclic) bond motifs is 1. The van der Waals surface area contributed by atoms with Crippen LogP contribution in [0.1, 0.15) is 40.7 Å². The number of rotatable bonds is 5.